The number of amides is 1. The molecule has 3 N–H and O–H groups in total. The van der Waals surface area contributed by atoms with Gasteiger partial charge in [0.2, 0.25) is 5.91 Å². The van der Waals surface area contributed by atoms with Crippen molar-refractivity contribution in [2.75, 3.05) is 39.3 Å². The van der Waals surface area contributed by atoms with Crippen LogP contribution >= 0.6 is 0 Å². The largest absolute Gasteiger partial charge is 0.301 e. The second-order valence-electron chi connectivity index (χ2n) is 5.45. The standard InChI is InChI=1S/C12H24N4O/c1-10(12(17)14-13)8-15-4-6-16(7-5-15)9-11-2-3-11/h10-11H,2-9,13H2,1H3,(H,14,17). The lowest BCUT2D eigenvalue weighted by Gasteiger charge is -2.35. The molecule has 0 bridgehead atoms. The number of nitrogens with zero attached hydrogens (tertiary/aromatic N) is 2. The van der Waals surface area contributed by atoms with Gasteiger partial charge in [-0.2, -0.15) is 0 Å². The Labute approximate surface area is 103 Å². The van der Waals surface area contributed by atoms with E-state index in [1.807, 2.05) is 6.92 Å². The van der Waals surface area contributed by atoms with E-state index in [0.717, 1.165) is 38.6 Å². The Bertz CT molecular complexity index is 259. The number of rotatable bonds is 5. The molecule has 5 heteroatoms. The van der Waals surface area contributed by atoms with Crippen LogP contribution in [0.1, 0.15) is 19.8 Å². The first kappa shape index (κ1) is 12.8. The van der Waals surface area contributed by atoms with E-state index in [1.54, 1.807) is 0 Å². The summed E-state index contributed by atoms with van der Waals surface area (Å²) in [5, 5.41) is 0. The molecule has 0 aromatic rings. The molecule has 1 saturated heterocycles. The molecule has 1 heterocycles. The van der Waals surface area contributed by atoms with Crippen LogP contribution in [0, 0.1) is 11.8 Å². The highest BCUT2D eigenvalue weighted by molar-refractivity contribution is 5.77. The van der Waals surface area contributed by atoms with Crippen molar-refractivity contribution >= 4 is 5.91 Å². The summed E-state index contributed by atoms with van der Waals surface area (Å²) in [5.41, 5.74) is 2.22. The van der Waals surface area contributed by atoms with Gasteiger partial charge in [-0.1, -0.05) is 6.92 Å². The lowest BCUT2D eigenvalue weighted by molar-refractivity contribution is -0.125. The van der Waals surface area contributed by atoms with Crippen molar-refractivity contribution < 1.29 is 4.79 Å². The smallest absolute Gasteiger partial charge is 0.237 e. The molecule has 2 aliphatic rings. The SMILES string of the molecule is CC(CN1CCN(CC2CC2)CC1)C(=O)NN. The molecular weight excluding hydrogens is 216 g/mol. The van der Waals surface area contributed by atoms with Crippen molar-refractivity contribution in [1.82, 2.24) is 15.2 Å². The summed E-state index contributed by atoms with van der Waals surface area (Å²) in [6.45, 7) is 8.48. The highest BCUT2D eigenvalue weighted by atomic mass is 16.2. The van der Waals surface area contributed by atoms with Crippen LogP contribution < -0.4 is 11.3 Å². The maximum absolute atomic E-state index is 11.3. The Morgan fingerprint density at radius 1 is 1.29 bits per heavy atom. The van der Waals surface area contributed by atoms with Gasteiger partial charge >= 0.3 is 0 Å². The average molecular weight is 240 g/mol. The predicted molar refractivity (Wildman–Crippen MR) is 67.1 cm³/mol. The Kier molecular flexibility index (Phi) is 4.36. The third-order valence-electron chi connectivity index (χ3n) is 3.80. The minimum Gasteiger partial charge on any atom is -0.301 e. The third kappa shape index (κ3) is 3.94. The van der Waals surface area contributed by atoms with Crippen LogP contribution in [-0.4, -0.2) is 55.0 Å². The zero-order valence-electron chi connectivity index (χ0n) is 10.7. The van der Waals surface area contributed by atoms with Crippen molar-refractivity contribution in [3.63, 3.8) is 0 Å². The van der Waals surface area contributed by atoms with Crippen molar-refractivity contribution in [3.8, 4) is 0 Å². The second kappa shape index (κ2) is 5.80. The fourth-order valence-corrected chi connectivity index (χ4v) is 2.43. The minimum absolute atomic E-state index is 0.0185. The highest BCUT2D eigenvalue weighted by Crippen LogP contribution is 2.29. The number of carbonyl (C=O) groups excluding carboxylic acids is 1. The molecule has 98 valence electrons. The molecule has 1 atom stereocenters. The first-order chi connectivity index (χ1) is 8.19. The Hall–Kier alpha value is -0.650. The van der Waals surface area contributed by atoms with Gasteiger partial charge in [-0.05, 0) is 18.8 Å². The summed E-state index contributed by atoms with van der Waals surface area (Å²) in [4.78, 5) is 16.3. The molecule has 5 nitrogen and oxygen atoms in total. The summed E-state index contributed by atoms with van der Waals surface area (Å²) >= 11 is 0. The Balaban J connectivity index is 1.65. The summed E-state index contributed by atoms with van der Waals surface area (Å²) < 4.78 is 0. The Morgan fingerprint density at radius 3 is 2.41 bits per heavy atom. The molecule has 2 rings (SSSR count). The van der Waals surface area contributed by atoms with Gasteiger partial charge in [0.15, 0.2) is 0 Å². The fourth-order valence-electron chi connectivity index (χ4n) is 2.43. The topological polar surface area (TPSA) is 61.6 Å². The average Bonchev–Trinajstić information content (AvgIpc) is 3.14. The number of nitrogens with one attached hydrogen (secondary N) is 1. The number of piperazine rings is 1. The van der Waals surface area contributed by atoms with E-state index in [0.29, 0.717) is 0 Å². The third-order valence-corrected chi connectivity index (χ3v) is 3.80. The zero-order valence-corrected chi connectivity index (χ0v) is 10.7. The number of hydrogen-bond acceptors (Lipinski definition) is 4. The number of hydrogen-bond donors (Lipinski definition) is 2. The van der Waals surface area contributed by atoms with Crippen LogP contribution in [0.2, 0.25) is 0 Å². The first-order valence-corrected chi connectivity index (χ1v) is 6.64. The van der Waals surface area contributed by atoms with Gasteiger partial charge in [-0.15, -0.1) is 0 Å². The maximum atomic E-state index is 11.3. The molecular formula is C12H24N4O. The highest BCUT2D eigenvalue weighted by Gasteiger charge is 2.27. The summed E-state index contributed by atoms with van der Waals surface area (Å²) in [6, 6.07) is 0. The molecule has 0 radical (unpaired) electrons. The van der Waals surface area contributed by atoms with Crippen LogP contribution in [0.25, 0.3) is 0 Å². The van der Waals surface area contributed by atoms with E-state index in [4.69, 9.17) is 5.84 Å². The monoisotopic (exact) mass is 240 g/mol. The quantitative estimate of drug-likeness (QED) is 0.391. The molecule has 17 heavy (non-hydrogen) atoms. The lowest BCUT2D eigenvalue weighted by Crippen LogP contribution is -2.49. The normalized spacial score (nSPS) is 24.6. The molecule has 0 spiro atoms. The van der Waals surface area contributed by atoms with E-state index < -0.39 is 0 Å². The van der Waals surface area contributed by atoms with Crippen molar-refractivity contribution in [2.45, 2.75) is 19.8 Å². The minimum atomic E-state index is -0.0644. The molecule has 1 amide bonds. The molecule has 2 fully saturated rings. The van der Waals surface area contributed by atoms with Gasteiger partial charge in [0, 0.05) is 45.2 Å². The van der Waals surface area contributed by atoms with Gasteiger partial charge < -0.3 is 9.80 Å². The van der Waals surface area contributed by atoms with E-state index in [1.165, 1.54) is 19.4 Å². The number of nitrogens with two attached hydrogens (primary N) is 1. The van der Waals surface area contributed by atoms with E-state index >= 15 is 0 Å². The first-order valence-electron chi connectivity index (χ1n) is 6.64. The number of hydrazine groups is 1. The molecule has 1 unspecified atom stereocenters. The molecule has 0 aromatic carbocycles. The number of carbonyl (C=O) groups is 1. The maximum Gasteiger partial charge on any atom is 0.237 e. The van der Waals surface area contributed by atoms with Crippen LogP contribution in [0.4, 0.5) is 0 Å². The van der Waals surface area contributed by atoms with Crippen molar-refractivity contribution in [3.05, 3.63) is 0 Å². The van der Waals surface area contributed by atoms with Crippen molar-refractivity contribution in [2.24, 2.45) is 17.7 Å². The van der Waals surface area contributed by atoms with Gasteiger partial charge in [0.05, 0.1) is 0 Å². The summed E-state index contributed by atoms with van der Waals surface area (Å²) in [6.07, 6.45) is 2.85. The van der Waals surface area contributed by atoms with Gasteiger partial charge in [0.1, 0.15) is 0 Å². The van der Waals surface area contributed by atoms with Crippen molar-refractivity contribution in [1.29, 1.82) is 0 Å². The summed E-state index contributed by atoms with van der Waals surface area (Å²) in [7, 11) is 0. The van der Waals surface area contributed by atoms with E-state index in [2.05, 4.69) is 15.2 Å². The van der Waals surface area contributed by atoms with Crippen LogP contribution in [0.3, 0.4) is 0 Å². The fraction of sp³-hybridized carbons (Fsp3) is 0.917. The van der Waals surface area contributed by atoms with E-state index in [-0.39, 0.29) is 11.8 Å². The van der Waals surface area contributed by atoms with Crippen LogP contribution in [-0.2, 0) is 4.79 Å². The molecule has 0 aromatic heterocycles. The van der Waals surface area contributed by atoms with Crippen LogP contribution in [0.15, 0.2) is 0 Å². The van der Waals surface area contributed by atoms with Gasteiger partial charge in [-0.3, -0.25) is 10.2 Å². The van der Waals surface area contributed by atoms with E-state index in [9.17, 15) is 4.79 Å². The van der Waals surface area contributed by atoms with Gasteiger partial charge in [0.25, 0.3) is 0 Å². The predicted octanol–water partition coefficient (Wildman–Crippen LogP) is -0.360. The lowest BCUT2D eigenvalue weighted by atomic mass is 10.1. The van der Waals surface area contributed by atoms with Crippen LogP contribution in [0.5, 0.6) is 0 Å². The second-order valence-corrected chi connectivity index (χ2v) is 5.45. The zero-order chi connectivity index (χ0) is 12.3. The van der Waals surface area contributed by atoms with Gasteiger partial charge in [-0.25, -0.2) is 5.84 Å². The molecule has 1 aliphatic carbocycles. The molecule has 1 aliphatic heterocycles. The summed E-state index contributed by atoms with van der Waals surface area (Å²) in [5.74, 6) is 6.03. The Morgan fingerprint density at radius 2 is 1.88 bits per heavy atom. The molecule has 1 saturated carbocycles.